The SMILES string of the molecule is COCOc1cc(Cl)cnc1-c1cnc(OC2CC(C)(C)NC(C)(C)C2)nn1. The van der Waals surface area contributed by atoms with Gasteiger partial charge >= 0.3 is 6.01 Å². The van der Waals surface area contributed by atoms with Crippen LogP contribution in [-0.4, -0.2) is 51.2 Å². The molecule has 2 aromatic heterocycles. The molecule has 0 spiro atoms. The Labute approximate surface area is 170 Å². The largest absolute Gasteiger partial charge is 0.465 e. The summed E-state index contributed by atoms with van der Waals surface area (Å²) in [6.45, 7) is 8.74. The minimum Gasteiger partial charge on any atom is -0.465 e. The molecule has 0 bridgehead atoms. The highest BCUT2D eigenvalue weighted by molar-refractivity contribution is 6.30. The van der Waals surface area contributed by atoms with Crippen LogP contribution in [0.5, 0.6) is 11.8 Å². The van der Waals surface area contributed by atoms with Crippen LogP contribution >= 0.6 is 11.6 Å². The Bertz CT molecular complexity index is 798. The van der Waals surface area contributed by atoms with Crippen molar-refractivity contribution < 1.29 is 14.2 Å². The van der Waals surface area contributed by atoms with Crippen LogP contribution in [0, 0.1) is 0 Å². The van der Waals surface area contributed by atoms with E-state index in [2.05, 4.69) is 53.2 Å². The van der Waals surface area contributed by atoms with Crippen LogP contribution in [0.3, 0.4) is 0 Å². The van der Waals surface area contributed by atoms with Crippen molar-refractivity contribution in [2.75, 3.05) is 13.9 Å². The zero-order valence-corrected chi connectivity index (χ0v) is 17.6. The highest BCUT2D eigenvalue weighted by atomic mass is 35.5. The van der Waals surface area contributed by atoms with Crippen molar-refractivity contribution in [1.82, 2.24) is 25.5 Å². The van der Waals surface area contributed by atoms with Crippen molar-refractivity contribution in [2.45, 2.75) is 57.7 Å². The maximum absolute atomic E-state index is 6.01. The van der Waals surface area contributed by atoms with Crippen LogP contribution < -0.4 is 14.8 Å². The number of rotatable bonds is 6. The summed E-state index contributed by atoms with van der Waals surface area (Å²) in [5.41, 5.74) is 0.888. The Morgan fingerprint density at radius 2 is 1.82 bits per heavy atom. The molecule has 3 rings (SSSR count). The second-order valence-corrected chi connectivity index (χ2v) is 8.65. The molecule has 0 saturated carbocycles. The maximum atomic E-state index is 6.01. The molecule has 0 radical (unpaired) electrons. The van der Waals surface area contributed by atoms with Gasteiger partial charge in [0.1, 0.15) is 17.5 Å². The van der Waals surface area contributed by atoms with E-state index in [1.807, 2.05) is 0 Å². The van der Waals surface area contributed by atoms with Crippen LogP contribution in [0.1, 0.15) is 40.5 Å². The highest BCUT2D eigenvalue weighted by Gasteiger charge is 2.39. The molecule has 0 atom stereocenters. The summed E-state index contributed by atoms with van der Waals surface area (Å²) >= 11 is 6.00. The molecule has 1 aliphatic rings. The predicted molar refractivity (Wildman–Crippen MR) is 106 cm³/mol. The van der Waals surface area contributed by atoms with Gasteiger partial charge < -0.3 is 19.5 Å². The molecule has 0 aliphatic carbocycles. The normalized spacial score (nSPS) is 18.6. The average molecular weight is 408 g/mol. The summed E-state index contributed by atoms with van der Waals surface area (Å²) in [6, 6.07) is 1.89. The van der Waals surface area contributed by atoms with Gasteiger partial charge in [0.15, 0.2) is 12.5 Å². The summed E-state index contributed by atoms with van der Waals surface area (Å²) in [5.74, 6) is 0.445. The first-order valence-corrected chi connectivity index (χ1v) is 9.49. The number of aromatic nitrogens is 4. The Balaban J connectivity index is 1.75. The van der Waals surface area contributed by atoms with Crippen molar-refractivity contribution in [1.29, 1.82) is 0 Å². The molecule has 1 saturated heterocycles. The molecule has 152 valence electrons. The monoisotopic (exact) mass is 407 g/mol. The first-order valence-electron chi connectivity index (χ1n) is 9.11. The lowest BCUT2D eigenvalue weighted by Gasteiger charge is -2.45. The molecule has 8 nitrogen and oxygen atoms in total. The van der Waals surface area contributed by atoms with Gasteiger partial charge in [-0.05, 0) is 27.7 Å². The van der Waals surface area contributed by atoms with Crippen molar-refractivity contribution in [3.8, 4) is 23.1 Å². The zero-order valence-electron chi connectivity index (χ0n) is 16.8. The molecular formula is C19H26ClN5O3. The third kappa shape index (κ3) is 5.27. The van der Waals surface area contributed by atoms with E-state index in [0.717, 1.165) is 12.8 Å². The topological polar surface area (TPSA) is 91.3 Å². The van der Waals surface area contributed by atoms with E-state index in [1.54, 1.807) is 12.3 Å². The molecule has 1 N–H and O–H groups in total. The van der Waals surface area contributed by atoms with Gasteiger partial charge in [-0.1, -0.05) is 16.7 Å². The Morgan fingerprint density at radius 3 is 2.43 bits per heavy atom. The van der Waals surface area contributed by atoms with Gasteiger partial charge in [0.25, 0.3) is 0 Å². The molecule has 0 amide bonds. The van der Waals surface area contributed by atoms with Crippen molar-refractivity contribution >= 4 is 11.6 Å². The third-order valence-electron chi connectivity index (χ3n) is 4.36. The lowest BCUT2D eigenvalue weighted by molar-refractivity contribution is 0.0488. The fourth-order valence-corrected chi connectivity index (χ4v) is 3.88. The van der Waals surface area contributed by atoms with Crippen molar-refractivity contribution in [2.24, 2.45) is 0 Å². The predicted octanol–water partition coefficient (Wildman–Crippen LogP) is 3.26. The van der Waals surface area contributed by atoms with Gasteiger partial charge in [0, 0.05) is 43.3 Å². The molecule has 28 heavy (non-hydrogen) atoms. The first-order chi connectivity index (χ1) is 13.2. The molecule has 0 aromatic carbocycles. The van der Waals surface area contributed by atoms with Crippen LogP contribution in [0.15, 0.2) is 18.5 Å². The number of nitrogens with one attached hydrogen (secondary N) is 1. The second-order valence-electron chi connectivity index (χ2n) is 8.22. The smallest absolute Gasteiger partial charge is 0.335 e. The highest BCUT2D eigenvalue weighted by Crippen LogP contribution is 2.31. The molecule has 2 aromatic rings. The summed E-state index contributed by atoms with van der Waals surface area (Å²) in [7, 11) is 1.54. The van der Waals surface area contributed by atoms with E-state index < -0.39 is 0 Å². The van der Waals surface area contributed by atoms with Crippen LogP contribution in [0.4, 0.5) is 0 Å². The molecular weight excluding hydrogens is 382 g/mol. The summed E-state index contributed by atoms with van der Waals surface area (Å²) in [6.07, 6.45) is 4.80. The van der Waals surface area contributed by atoms with Crippen molar-refractivity contribution in [3.05, 3.63) is 23.5 Å². The Morgan fingerprint density at radius 1 is 1.11 bits per heavy atom. The minimum atomic E-state index is -0.0272. The molecule has 1 fully saturated rings. The van der Waals surface area contributed by atoms with Gasteiger partial charge in [-0.3, -0.25) is 0 Å². The van der Waals surface area contributed by atoms with Crippen LogP contribution in [0.25, 0.3) is 11.4 Å². The fourth-order valence-electron chi connectivity index (χ4n) is 3.73. The van der Waals surface area contributed by atoms with Gasteiger partial charge in [0.2, 0.25) is 0 Å². The lowest BCUT2D eigenvalue weighted by Crippen LogP contribution is -2.60. The Hall–Kier alpha value is -2.03. The van der Waals surface area contributed by atoms with E-state index in [-0.39, 0.29) is 30.0 Å². The molecule has 3 heterocycles. The average Bonchev–Trinajstić information content (AvgIpc) is 2.58. The third-order valence-corrected chi connectivity index (χ3v) is 4.57. The number of hydrogen-bond acceptors (Lipinski definition) is 8. The number of ether oxygens (including phenoxy) is 3. The van der Waals surface area contributed by atoms with E-state index >= 15 is 0 Å². The van der Waals surface area contributed by atoms with E-state index in [1.165, 1.54) is 13.3 Å². The number of hydrogen-bond donors (Lipinski definition) is 1. The van der Waals surface area contributed by atoms with Gasteiger partial charge in [-0.2, -0.15) is 0 Å². The number of halogens is 1. The fraction of sp³-hybridized carbons (Fsp3) is 0.579. The van der Waals surface area contributed by atoms with E-state index in [9.17, 15) is 0 Å². The molecule has 9 heteroatoms. The van der Waals surface area contributed by atoms with Crippen LogP contribution in [-0.2, 0) is 4.74 Å². The molecule has 0 unspecified atom stereocenters. The molecule has 1 aliphatic heterocycles. The number of nitrogens with zero attached hydrogens (tertiary/aromatic N) is 4. The van der Waals surface area contributed by atoms with Gasteiger partial charge in [-0.15, -0.1) is 5.10 Å². The number of piperidine rings is 1. The van der Waals surface area contributed by atoms with E-state index in [0.29, 0.717) is 22.2 Å². The number of methoxy groups -OCH3 is 1. The summed E-state index contributed by atoms with van der Waals surface area (Å²) in [4.78, 5) is 8.59. The standard InChI is InChI=1S/C19H26ClN5O3/c1-18(2)7-13(8-19(3,4)25-18)28-17-22-10-14(23-24-17)16-15(27-11-26-5)6-12(20)9-21-16/h6,9-10,13,25H,7-8,11H2,1-5H3. The quantitative estimate of drug-likeness (QED) is 0.729. The first kappa shape index (κ1) is 20.7. The van der Waals surface area contributed by atoms with Gasteiger partial charge in [0.05, 0.1) is 11.2 Å². The summed E-state index contributed by atoms with van der Waals surface area (Å²) in [5, 5.41) is 12.4. The lowest BCUT2D eigenvalue weighted by atomic mass is 9.81. The zero-order chi connectivity index (χ0) is 20.4. The van der Waals surface area contributed by atoms with Crippen LogP contribution in [0.2, 0.25) is 5.02 Å². The second kappa shape index (κ2) is 8.14. The maximum Gasteiger partial charge on any atom is 0.335 e. The minimum absolute atomic E-state index is 0.00755. The van der Waals surface area contributed by atoms with Gasteiger partial charge in [-0.25, -0.2) is 9.97 Å². The Kier molecular flexibility index (Phi) is 6.02. The summed E-state index contributed by atoms with van der Waals surface area (Å²) < 4.78 is 16.5. The number of pyridine rings is 1. The van der Waals surface area contributed by atoms with Crippen molar-refractivity contribution in [3.63, 3.8) is 0 Å². The van der Waals surface area contributed by atoms with E-state index in [4.69, 9.17) is 25.8 Å².